The second kappa shape index (κ2) is 2890. The molecule has 0 aliphatic heterocycles. The van der Waals surface area contributed by atoms with Crippen molar-refractivity contribution in [2.24, 2.45) is 0 Å². The van der Waals surface area contributed by atoms with Crippen molar-refractivity contribution in [1.29, 1.82) is 0 Å². The normalized spacial score (nSPS) is 0.400. The Bertz CT molecular complexity index is 15.7. The molecule has 10 heavy (non-hydrogen) atoms. The first-order valence-electron chi connectivity index (χ1n) is 0.183. The Morgan fingerprint density at radius 1 is 0.600 bits per heavy atom. The van der Waals surface area contributed by atoms with Crippen LogP contribution in [0.4, 0.5) is 0 Å². The molecule has 0 saturated heterocycles. The summed E-state index contributed by atoms with van der Waals surface area (Å²) < 4.78 is 0. The summed E-state index contributed by atoms with van der Waals surface area (Å²) in [5, 5.41) is 0. The number of nitroso groups, excluding NO2 is 1. The van der Waals surface area contributed by atoms with E-state index in [2.05, 4.69) is 0 Å². The molecule has 0 amide bonds. The third-order valence-electron chi connectivity index (χ3n) is 0. The van der Waals surface area contributed by atoms with E-state index in [0.29, 0.717) is 0 Å². The topological polar surface area (TPSA) is 207 Å². The molecular weight excluding hydrogens is 230 g/mol. The number of nitrogens with two attached hydrogens (primary N) is 5. The van der Waals surface area contributed by atoms with Crippen molar-refractivity contribution in [3.8, 4) is 0 Å². The second-order valence-corrected chi connectivity index (χ2v) is 0. The number of nitrogens with zero attached hydrogens (tertiary/aromatic N) is 1. The molecule has 0 fully saturated rings. The van der Waals surface area contributed by atoms with Gasteiger partial charge >= 0.3 is 16.8 Å². The summed E-state index contributed by atoms with van der Waals surface area (Å²) in [6.45, 7) is 0. The van der Waals surface area contributed by atoms with Crippen LogP contribution in [0.25, 0.3) is 36.3 Å². The van der Waals surface area contributed by atoms with Crippen LogP contribution in [0.1, 0.15) is 0 Å². The van der Waals surface area contributed by atoms with Crippen molar-refractivity contribution >= 4 is 0 Å². The number of hydrogen-bond donors (Lipinski definition) is 0. The van der Waals surface area contributed by atoms with Gasteiger partial charge in [-0.15, -0.1) is 0 Å². The van der Waals surface area contributed by atoms with Gasteiger partial charge in [-0.05, 0) is 0 Å². The predicted octanol–water partition coefficient (Wildman–Crippen LogP) is -2.09. The van der Waals surface area contributed by atoms with E-state index in [1.807, 2.05) is 0 Å². The van der Waals surface area contributed by atoms with Crippen molar-refractivity contribution in [3.05, 3.63) is 41.3 Å². The molecule has 75 valence electrons. The molecule has 7 nitrogen and oxygen atoms in total. The van der Waals surface area contributed by atoms with Crippen molar-refractivity contribution in [1.82, 2.24) is 0 Å². The SMILES string of the molecule is [Cl-].[Cl-].[Co+2].[N-]=O.[NH2-].[NH2-].[NH2-].[NH2-].[NH2-]. The first-order valence-corrected chi connectivity index (χ1v) is 0.183. The molecule has 0 aromatic carbocycles. The van der Waals surface area contributed by atoms with Gasteiger partial charge in [0.15, 0.2) is 0 Å². The summed E-state index contributed by atoms with van der Waals surface area (Å²) in [6, 6.07) is 0. The van der Waals surface area contributed by atoms with Crippen LogP contribution >= 0.6 is 0 Å². The van der Waals surface area contributed by atoms with Crippen LogP contribution in [0.5, 0.6) is 0 Å². The largest absolute Gasteiger partial charge is 2.00 e. The molecule has 0 unspecified atom stereocenters. The van der Waals surface area contributed by atoms with Gasteiger partial charge in [0.2, 0.25) is 0 Å². The van der Waals surface area contributed by atoms with Gasteiger partial charge in [-0.2, -0.15) is 0 Å². The summed E-state index contributed by atoms with van der Waals surface area (Å²) in [5.74, 6) is 0. The van der Waals surface area contributed by atoms with Crippen LogP contribution < -0.4 is 24.8 Å². The van der Waals surface area contributed by atoms with Crippen LogP contribution in [0.2, 0.25) is 0 Å². The van der Waals surface area contributed by atoms with Crippen LogP contribution in [-0.2, 0) is 16.8 Å². The van der Waals surface area contributed by atoms with Crippen molar-refractivity contribution in [3.63, 3.8) is 0 Å². The van der Waals surface area contributed by atoms with E-state index in [4.69, 9.17) is 10.5 Å². The average molecular weight is 240 g/mol. The Morgan fingerprint density at radius 3 is 0.600 bits per heavy atom. The van der Waals surface area contributed by atoms with Gasteiger partial charge in [-0.25, -0.2) is 0 Å². The minimum absolute atomic E-state index is 0. The number of halogens is 2. The standard InChI is InChI=1S/2ClH.Co.NO.5H2N/c;;;1-2;;;;;/h2*1H;;;5*1H2/q;;+2;6*-1/p-2. The van der Waals surface area contributed by atoms with Gasteiger partial charge in [0, 0.05) is 0 Å². The van der Waals surface area contributed by atoms with E-state index in [1.54, 1.807) is 0 Å². The minimum atomic E-state index is 0. The molecule has 0 aromatic heterocycles. The van der Waals surface area contributed by atoms with Gasteiger partial charge in [-0.1, -0.05) is 0 Å². The molecule has 0 aliphatic carbocycles. The quantitative estimate of drug-likeness (QED) is 0.458. The number of rotatable bonds is 0. The molecule has 0 aliphatic rings. The zero-order valence-electron chi connectivity index (χ0n) is 4.83. The molecule has 0 aromatic rings. The molecule has 1 radical (unpaired) electrons. The van der Waals surface area contributed by atoms with E-state index in [0.717, 1.165) is 0 Å². The van der Waals surface area contributed by atoms with E-state index < -0.39 is 0 Å². The van der Waals surface area contributed by atoms with Crippen molar-refractivity contribution in [2.75, 3.05) is 0 Å². The second-order valence-electron chi connectivity index (χ2n) is 0. The Labute approximate surface area is 83.2 Å². The smallest absolute Gasteiger partial charge is 1.00 e. The number of hydrogen-bond acceptors (Lipinski definition) is 1. The fraction of sp³-hybridized carbons (Fsp3) is 0. The van der Waals surface area contributed by atoms with E-state index in [-0.39, 0.29) is 72.3 Å². The monoisotopic (exact) mass is 239 g/mol. The van der Waals surface area contributed by atoms with E-state index in [9.17, 15) is 0 Å². The predicted molar refractivity (Wildman–Crippen MR) is 33.1 cm³/mol. The molecule has 10 N–H and O–H groups in total. The molecule has 0 rings (SSSR count). The Kier molecular flexibility index (Phi) is 123000. The third kappa shape index (κ3) is 2010. The molecule has 10 heteroatoms. The van der Waals surface area contributed by atoms with E-state index in [1.165, 1.54) is 0 Å². The maximum Gasteiger partial charge on any atom is 2.00 e. The van der Waals surface area contributed by atoms with Gasteiger partial charge in [-0.3, -0.25) is 0 Å². The maximum absolute atomic E-state index is 7.25. The van der Waals surface area contributed by atoms with Crippen LogP contribution in [0, 0.1) is 4.91 Å². The molecule has 0 bridgehead atoms. The molecule has 0 spiro atoms. The Balaban J connectivity index is -0.000000000179. The molecule has 0 atom stereocenters. The zero-order chi connectivity index (χ0) is 2.00. The minimum Gasteiger partial charge on any atom is -1.00 e. The van der Waals surface area contributed by atoms with Crippen molar-refractivity contribution in [2.45, 2.75) is 0 Å². The summed E-state index contributed by atoms with van der Waals surface area (Å²) in [4.78, 5) is 7.25. The third-order valence-corrected chi connectivity index (χ3v) is 0. The average Bonchev–Trinajstić information content (AvgIpc) is 1.00. The molecule has 0 heterocycles. The summed E-state index contributed by atoms with van der Waals surface area (Å²) in [5.41, 5.74) is 5.75. The Morgan fingerprint density at radius 2 is 0.600 bits per heavy atom. The maximum atomic E-state index is 7.25. The van der Waals surface area contributed by atoms with Gasteiger partial charge in [0.1, 0.15) is 0 Å². The van der Waals surface area contributed by atoms with Crippen LogP contribution in [0.15, 0.2) is 0 Å². The summed E-state index contributed by atoms with van der Waals surface area (Å²) >= 11 is 0. The Hall–Kier alpha value is 0.486. The first kappa shape index (κ1) is 427. The molecular formula is H10Cl2CoN6O-6. The van der Waals surface area contributed by atoms with Gasteiger partial charge in [0.05, 0.1) is 0 Å². The van der Waals surface area contributed by atoms with E-state index >= 15 is 0 Å². The van der Waals surface area contributed by atoms with Crippen LogP contribution in [0.3, 0.4) is 0 Å². The van der Waals surface area contributed by atoms with Gasteiger partial charge < -0.3 is 66.1 Å². The summed E-state index contributed by atoms with van der Waals surface area (Å²) in [7, 11) is 0. The summed E-state index contributed by atoms with van der Waals surface area (Å²) in [6.07, 6.45) is 0. The zero-order valence-corrected chi connectivity index (χ0v) is 7.38. The fourth-order valence-electron chi connectivity index (χ4n) is 0. The van der Waals surface area contributed by atoms with Crippen LogP contribution in [-0.4, -0.2) is 0 Å². The fourth-order valence-corrected chi connectivity index (χ4v) is 0. The van der Waals surface area contributed by atoms with Crippen molar-refractivity contribution < 1.29 is 41.6 Å². The first-order chi connectivity index (χ1) is 1.00. The molecule has 0 saturated carbocycles. The van der Waals surface area contributed by atoms with Gasteiger partial charge in [0.25, 0.3) is 0 Å².